The van der Waals surface area contributed by atoms with Gasteiger partial charge < -0.3 is 19.7 Å². The Morgan fingerprint density at radius 3 is 2.14 bits per heavy atom. The van der Waals surface area contributed by atoms with Gasteiger partial charge in [-0.3, -0.25) is 0 Å². The molecule has 0 saturated carbocycles. The van der Waals surface area contributed by atoms with Crippen LogP contribution in [0.15, 0.2) is 18.2 Å². The van der Waals surface area contributed by atoms with Crippen molar-refractivity contribution >= 4 is 0 Å². The van der Waals surface area contributed by atoms with Crippen LogP contribution in [0, 0.1) is 0 Å². The lowest BCUT2D eigenvalue weighted by atomic mass is 9.79. The Hall–Kier alpha value is -1.26. The summed E-state index contributed by atoms with van der Waals surface area (Å²) in [4.78, 5) is 2.32. The second kappa shape index (κ2) is 7.66. The van der Waals surface area contributed by atoms with E-state index in [4.69, 9.17) is 9.47 Å². The second-order valence-corrected chi connectivity index (χ2v) is 5.53. The number of hydrogen-bond donors (Lipinski definition) is 1. The quantitative estimate of drug-likeness (QED) is 0.799. The van der Waals surface area contributed by atoms with Gasteiger partial charge in [0, 0.05) is 17.2 Å². The largest absolute Gasteiger partial charge is 0.497 e. The van der Waals surface area contributed by atoms with E-state index in [1.807, 2.05) is 19.2 Å². The molecule has 4 heteroatoms. The highest BCUT2D eigenvalue weighted by molar-refractivity contribution is 5.44. The Bertz CT molecular complexity index is 442. The lowest BCUT2D eigenvalue weighted by Gasteiger charge is -2.45. The van der Waals surface area contributed by atoms with Crippen LogP contribution in [-0.4, -0.2) is 45.8 Å². The maximum atomic E-state index is 5.60. The number of ether oxygens (including phenoxy) is 2. The Kier molecular flexibility index (Phi) is 6.49. The normalized spacial score (nSPS) is 13.3. The van der Waals surface area contributed by atoms with Gasteiger partial charge in [0.1, 0.15) is 11.5 Å². The molecule has 1 N–H and O–H groups in total. The molecule has 0 spiro atoms. The SMILES string of the molecule is CCC(CC)(C(NC)c1ccc(OC)cc1OC)N(C)C. The van der Waals surface area contributed by atoms with Crippen LogP contribution in [0.25, 0.3) is 0 Å². The number of nitrogens with zero attached hydrogens (tertiary/aromatic N) is 1. The van der Waals surface area contributed by atoms with Crippen molar-refractivity contribution in [2.45, 2.75) is 38.3 Å². The van der Waals surface area contributed by atoms with Crippen molar-refractivity contribution in [2.75, 3.05) is 35.4 Å². The van der Waals surface area contributed by atoms with Gasteiger partial charge in [-0.25, -0.2) is 0 Å². The monoisotopic (exact) mass is 294 g/mol. The molecule has 0 bridgehead atoms. The number of methoxy groups -OCH3 is 2. The molecule has 1 unspecified atom stereocenters. The minimum atomic E-state index is 0.0383. The predicted molar refractivity (Wildman–Crippen MR) is 88.3 cm³/mol. The van der Waals surface area contributed by atoms with Crippen molar-refractivity contribution in [3.8, 4) is 11.5 Å². The minimum absolute atomic E-state index is 0.0383. The van der Waals surface area contributed by atoms with Crippen LogP contribution >= 0.6 is 0 Å². The van der Waals surface area contributed by atoms with Crippen molar-refractivity contribution in [2.24, 2.45) is 0 Å². The summed E-state index contributed by atoms with van der Waals surface area (Å²) in [5, 5.41) is 3.49. The van der Waals surface area contributed by atoms with Crippen LogP contribution in [0.3, 0.4) is 0 Å². The topological polar surface area (TPSA) is 33.7 Å². The molecule has 0 radical (unpaired) electrons. The van der Waals surface area contributed by atoms with Gasteiger partial charge in [0.15, 0.2) is 0 Å². The van der Waals surface area contributed by atoms with Crippen LogP contribution in [0.2, 0.25) is 0 Å². The summed E-state index contributed by atoms with van der Waals surface area (Å²) >= 11 is 0. The first-order chi connectivity index (χ1) is 10.00. The summed E-state index contributed by atoms with van der Waals surface area (Å²) in [7, 11) is 9.69. The summed E-state index contributed by atoms with van der Waals surface area (Å²) in [6.45, 7) is 4.48. The fraction of sp³-hybridized carbons (Fsp3) is 0.647. The Morgan fingerprint density at radius 2 is 1.76 bits per heavy atom. The van der Waals surface area contributed by atoms with E-state index in [0.717, 1.165) is 24.3 Å². The molecule has 21 heavy (non-hydrogen) atoms. The van der Waals surface area contributed by atoms with Crippen molar-refractivity contribution < 1.29 is 9.47 Å². The van der Waals surface area contributed by atoms with Gasteiger partial charge in [-0.15, -0.1) is 0 Å². The molecule has 0 amide bonds. The zero-order valence-electron chi connectivity index (χ0n) is 14.5. The molecule has 0 aliphatic carbocycles. The third kappa shape index (κ3) is 3.33. The average Bonchev–Trinajstić information content (AvgIpc) is 2.51. The van der Waals surface area contributed by atoms with E-state index in [2.05, 4.69) is 44.2 Å². The lowest BCUT2D eigenvalue weighted by molar-refractivity contribution is 0.0905. The van der Waals surface area contributed by atoms with E-state index in [-0.39, 0.29) is 11.6 Å². The fourth-order valence-corrected chi connectivity index (χ4v) is 3.32. The smallest absolute Gasteiger partial charge is 0.127 e. The average molecular weight is 294 g/mol. The highest BCUT2D eigenvalue weighted by Crippen LogP contribution is 2.40. The molecule has 1 rings (SSSR count). The number of rotatable bonds is 8. The molecule has 0 saturated heterocycles. The number of benzene rings is 1. The van der Waals surface area contributed by atoms with Gasteiger partial charge in [0.2, 0.25) is 0 Å². The standard InChI is InChI=1S/C17H30N2O2/c1-8-17(9-2,19(4)5)16(18-3)14-11-10-13(20-6)12-15(14)21-7/h10-12,16,18H,8-9H2,1-7H3. The molecule has 4 nitrogen and oxygen atoms in total. The zero-order valence-corrected chi connectivity index (χ0v) is 14.5. The molecule has 1 aromatic carbocycles. The second-order valence-electron chi connectivity index (χ2n) is 5.53. The molecule has 0 aromatic heterocycles. The van der Waals surface area contributed by atoms with Gasteiger partial charge >= 0.3 is 0 Å². The molecule has 0 fully saturated rings. The lowest BCUT2D eigenvalue weighted by Crippen LogP contribution is -2.52. The highest BCUT2D eigenvalue weighted by Gasteiger charge is 2.39. The molecule has 1 atom stereocenters. The molecule has 0 aliphatic heterocycles. The number of hydrogen-bond acceptors (Lipinski definition) is 4. The predicted octanol–water partition coefficient (Wildman–Crippen LogP) is 3.08. The molecule has 1 aromatic rings. The number of likely N-dealkylation sites (N-methyl/N-ethyl adjacent to an activating group) is 2. The van der Waals surface area contributed by atoms with Crippen LogP contribution < -0.4 is 14.8 Å². The maximum Gasteiger partial charge on any atom is 0.127 e. The fourth-order valence-electron chi connectivity index (χ4n) is 3.32. The van der Waals surface area contributed by atoms with Crippen LogP contribution in [0.1, 0.15) is 38.3 Å². The van der Waals surface area contributed by atoms with Crippen LogP contribution in [-0.2, 0) is 0 Å². The Balaban J connectivity index is 3.38. The van der Waals surface area contributed by atoms with Crippen LogP contribution in [0.4, 0.5) is 0 Å². The van der Waals surface area contributed by atoms with Crippen molar-refractivity contribution in [1.82, 2.24) is 10.2 Å². The molecular weight excluding hydrogens is 264 g/mol. The molecule has 0 heterocycles. The van der Waals surface area contributed by atoms with E-state index in [9.17, 15) is 0 Å². The van der Waals surface area contributed by atoms with Gasteiger partial charge in [0.05, 0.1) is 20.3 Å². The summed E-state index contributed by atoms with van der Waals surface area (Å²) < 4.78 is 10.9. The summed E-state index contributed by atoms with van der Waals surface area (Å²) in [5.41, 5.74) is 1.20. The van der Waals surface area contributed by atoms with Gasteiger partial charge in [-0.2, -0.15) is 0 Å². The minimum Gasteiger partial charge on any atom is -0.497 e. The molecule has 120 valence electrons. The van der Waals surface area contributed by atoms with Crippen LogP contribution in [0.5, 0.6) is 11.5 Å². The third-order valence-corrected chi connectivity index (χ3v) is 4.69. The highest BCUT2D eigenvalue weighted by atomic mass is 16.5. The van der Waals surface area contributed by atoms with E-state index in [1.165, 1.54) is 5.56 Å². The zero-order chi connectivity index (χ0) is 16.0. The van der Waals surface area contributed by atoms with Gasteiger partial charge in [-0.1, -0.05) is 13.8 Å². The van der Waals surface area contributed by atoms with Crippen molar-refractivity contribution in [3.05, 3.63) is 23.8 Å². The Labute approximate surface area is 129 Å². The van der Waals surface area contributed by atoms with Crippen molar-refractivity contribution in [3.63, 3.8) is 0 Å². The first-order valence-corrected chi connectivity index (χ1v) is 7.57. The summed E-state index contributed by atoms with van der Waals surface area (Å²) in [6.07, 6.45) is 2.11. The van der Waals surface area contributed by atoms with E-state index >= 15 is 0 Å². The maximum absolute atomic E-state index is 5.60. The first-order valence-electron chi connectivity index (χ1n) is 7.57. The third-order valence-electron chi connectivity index (χ3n) is 4.69. The van der Waals surface area contributed by atoms with Gasteiger partial charge in [0.25, 0.3) is 0 Å². The summed E-state index contributed by atoms with van der Waals surface area (Å²) in [5.74, 6) is 1.68. The van der Waals surface area contributed by atoms with Gasteiger partial charge in [-0.05, 0) is 46.1 Å². The van der Waals surface area contributed by atoms with Crippen molar-refractivity contribution in [1.29, 1.82) is 0 Å². The number of nitrogens with one attached hydrogen (secondary N) is 1. The van der Waals surface area contributed by atoms with E-state index in [0.29, 0.717) is 0 Å². The summed E-state index contributed by atoms with van der Waals surface area (Å²) in [6, 6.07) is 6.23. The molecular formula is C17H30N2O2. The Morgan fingerprint density at radius 1 is 1.14 bits per heavy atom. The first kappa shape index (κ1) is 17.8. The van der Waals surface area contributed by atoms with E-state index < -0.39 is 0 Å². The molecule has 0 aliphatic rings. The van der Waals surface area contributed by atoms with E-state index in [1.54, 1.807) is 14.2 Å².